The summed E-state index contributed by atoms with van der Waals surface area (Å²) in [6.07, 6.45) is 0.848. The van der Waals surface area contributed by atoms with E-state index in [0.717, 1.165) is 17.4 Å². The van der Waals surface area contributed by atoms with Crippen LogP contribution < -0.4 is 10.6 Å². The van der Waals surface area contributed by atoms with Gasteiger partial charge in [-0.3, -0.25) is 9.59 Å². The molecular formula is C16H24BrN3O2. The van der Waals surface area contributed by atoms with Gasteiger partial charge in [0.15, 0.2) is 0 Å². The Kier molecular flexibility index (Phi) is 7.03. The van der Waals surface area contributed by atoms with Crippen molar-refractivity contribution >= 4 is 33.4 Å². The number of amides is 2. The minimum absolute atomic E-state index is 0.268. The Morgan fingerprint density at radius 3 is 2.41 bits per heavy atom. The molecule has 1 rings (SSSR count). The van der Waals surface area contributed by atoms with Gasteiger partial charge < -0.3 is 15.5 Å². The van der Waals surface area contributed by atoms with Gasteiger partial charge in [-0.15, -0.1) is 0 Å². The van der Waals surface area contributed by atoms with Crippen LogP contribution in [0.3, 0.4) is 0 Å². The van der Waals surface area contributed by atoms with Crippen LogP contribution in [0.15, 0.2) is 28.7 Å². The van der Waals surface area contributed by atoms with Gasteiger partial charge in [0.25, 0.3) is 0 Å². The summed E-state index contributed by atoms with van der Waals surface area (Å²) in [5.74, 6) is -0.597. The lowest BCUT2D eigenvalue weighted by molar-refractivity contribution is -0.138. The van der Waals surface area contributed by atoms with Crippen LogP contribution in [0, 0.1) is 5.41 Å². The van der Waals surface area contributed by atoms with Gasteiger partial charge in [-0.05, 0) is 69.0 Å². The molecule has 0 radical (unpaired) electrons. The van der Waals surface area contributed by atoms with Crippen molar-refractivity contribution in [1.29, 1.82) is 0 Å². The first-order chi connectivity index (χ1) is 10.2. The van der Waals surface area contributed by atoms with E-state index in [1.807, 2.05) is 32.3 Å². The van der Waals surface area contributed by atoms with Crippen molar-refractivity contribution in [1.82, 2.24) is 10.2 Å². The van der Waals surface area contributed by atoms with E-state index < -0.39 is 5.41 Å². The third kappa shape index (κ3) is 5.42. The first-order valence-corrected chi connectivity index (χ1v) is 8.03. The largest absolute Gasteiger partial charge is 0.355 e. The summed E-state index contributed by atoms with van der Waals surface area (Å²) in [6.45, 7) is 4.70. The van der Waals surface area contributed by atoms with E-state index in [4.69, 9.17) is 0 Å². The number of carbonyl (C=O) groups excluding carboxylic acids is 2. The molecule has 6 heteroatoms. The summed E-state index contributed by atoms with van der Waals surface area (Å²) < 4.78 is 0.783. The number of halogens is 1. The molecule has 5 nitrogen and oxygen atoms in total. The Morgan fingerprint density at radius 2 is 1.82 bits per heavy atom. The van der Waals surface area contributed by atoms with E-state index in [1.165, 1.54) is 0 Å². The molecule has 0 aromatic heterocycles. The zero-order chi connectivity index (χ0) is 16.8. The van der Waals surface area contributed by atoms with Crippen LogP contribution in [0.25, 0.3) is 0 Å². The molecule has 2 amide bonds. The summed E-state index contributed by atoms with van der Waals surface area (Å²) in [7, 11) is 3.97. The molecule has 0 saturated heterocycles. The molecule has 0 unspecified atom stereocenters. The summed E-state index contributed by atoms with van der Waals surface area (Å²) in [5, 5.41) is 5.61. The highest BCUT2D eigenvalue weighted by Crippen LogP contribution is 2.24. The van der Waals surface area contributed by atoms with Gasteiger partial charge in [-0.1, -0.05) is 12.1 Å². The number of para-hydroxylation sites is 1. The van der Waals surface area contributed by atoms with Crippen molar-refractivity contribution in [2.24, 2.45) is 5.41 Å². The summed E-state index contributed by atoms with van der Waals surface area (Å²) in [4.78, 5) is 26.6. The number of nitrogens with zero attached hydrogens (tertiary/aromatic N) is 1. The topological polar surface area (TPSA) is 61.4 Å². The highest BCUT2D eigenvalue weighted by Gasteiger charge is 2.36. The second-order valence-corrected chi connectivity index (χ2v) is 6.83. The number of rotatable bonds is 7. The van der Waals surface area contributed by atoms with Crippen LogP contribution in [0.5, 0.6) is 0 Å². The lowest BCUT2D eigenvalue weighted by atomic mass is 9.91. The zero-order valence-corrected chi connectivity index (χ0v) is 15.2. The maximum atomic E-state index is 12.4. The Labute approximate surface area is 140 Å². The molecule has 0 bridgehead atoms. The van der Waals surface area contributed by atoms with Crippen LogP contribution in [0.4, 0.5) is 5.69 Å². The maximum absolute atomic E-state index is 12.4. The fourth-order valence-corrected chi connectivity index (χ4v) is 2.15. The molecule has 1 aromatic rings. The molecular weight excluding hydrogens is 346 g/mol. The fourth-order valence-electron chi connectivity index (χ4n) is 1.76. The van der Waals surface area contributed by atoms with Crippen molar-refractivity contribution in [2.75, 3.05) is 32.5 Å². The second-order valence-electron chi connectivity index (χ2n) is 5.97. The van der Waals surface area contributed by atoms with E-state index >= 15 is 0 Å². The van der Waals surface area contributed by atoms with Crippen molar-refractivity contribution in [3.63, 3.8) is 0 Å². The zero-order valence-electron chi connectivity index (χ0n) is 13.6. The fraction of sp³-hybridized carbons (Fsp3) is 0.500. The smallest absolute Gasteiger partial charge is 0.239 e. The number of carbonyl (C=O) groups is 2. The number of hydrogen-bond acceptors (Lipinski definition) is 3. The minimum atomic E-state index is -1.13. The third-order valence-electron chi connectivity index (χ3n) is 3.33. The number of hydrogen-bond donors (Lipinski definition) is 2. The second kappa shape index (κ2) is 8.29. The quantitative estimate of drug-likeness (QED) is 0.573. The number of nitrogens with one attached hydrogen (secondary N) is 2. The summed E-state index contributed by atoms with van der Waals surface area (Å²) in [5.41, 5.74) is -0.478. The highest BCUT2D eigenvalue weighted by molar-refractivity contribution is 9.10. The van der Waals surface area contributed by atoms with Gasteiger partial charge in [0.05, 0.1) is 5.69 Å². The van der Waals surface area contributed by atoms with Crippen molar-refractivity contribution < 1.29 is 9.59 Å². The Balaban J connectivity index is 2.58. The Bertz CT molecular complexity index is 530. The van der Waals surface area contributed by atoms with Crippen molar-refractivity contribution in [2.45, 2.75) is 20.3 Å². The number of benzene rings is 1. The molecule has 0 aliphatic heterocycles. The lowest BCUT2D eigenvalue weighted by Gasteiger charge is -2.23. The van der Waals surface area contributed by atoms with Crippen molar-refractivity contribution in [3.05, 3.63) is 28.7 Å². The molecule has 122 valence electrons. The first-order valence-electron chi connectivity index (χ1n) is 7.24. The van der Waals surface area contributed by atoms with Crippen LogP contribution in [0.2, 0.25) is 0 Å². The Morgan fingerprint density at radius 1 is 1.18 bits per heavy atom. The highest BCUT2D eigenvalue weighted by atomic mass is 79.9. The number of anilines is 1. The van der Waals surface area contributed by atoms with E-state index in [2.05, 4.69) is 31.5 Å². The molecule has 0 saturated carbocycles. The van der Waals surface area contributed by atoms with Crippen molar-refractivity contribution in [3.8, 4) is 0 Å². The molecule has 0 aliphatic rings. The van der Waals surface area contributed by atoms with E-state index in [1.54, 1.807) is 19.9 Å². The molecule has 0 spiro atoms. The monoisotopic (exact) mass is 369 g/mol. The molecule has 0 aliphatic carbocycles. The van der Waals surface area contributed by atoms with Crippen LogP contribution >= 0.6 is 15.9 Å². The molecule has 1 aromatic carbocycles. The summed E-state index contributed by atoms with van der Waals surface area (Å²) in [6, 6.07) is 7.31. The SMILES string of the molecule is CN(C)CCCNC(=O)C(C)(C)C(=O)Nc1ccccc1Br. The molecule has 0 atom stereocenters. The van der Waals surface area contributed by atoms with Gasteiger partial charge >= 0.3 is 0 Å². The van der Waals surface area contributed by atoms with Gasteiger partial charge in [0.2, 0.25) is 11.8 Å². The van der Waals surface area contributed by atoms with E-state index in [-0.39, 0.29) is 11.8 Å². The molecule has 22 heavy (non-hydrogen) atoms. The van der Waals surface area contributed by atoms with Gasteiger partial charge in [0, 0.05) is 11.0 Å². The molecule has 2 N–H and O–H groups in total. The van der Waals surface area contributed by atoms with Gasteiger partial charge in [0.1, 0.15) is 5.41 Å². The van der Waals surface area contributed by atoms with E-state index in [0.29, 0.717) is 12.2 Å². The summed E-state index contributed by atoms with van der Waals surface area (Å²) >= 11 is 3.37. The average molecular weight is 370 g/mol. The lowest BCUT2D eigenvalue weighted by Crippen LogP contribution is -2.45. The first kappa shape index (κ1) is 18.6. The minimum Gasteiger partial charge on any atom is -0.355 e. The van der Waals surface area contributed by atoms with Crippen LogP contribution in [0.1, 0.15) is 20.3 Å². The standard InChI is InChI=1S/C16H24BrN3O2/c1-16(2,14(21)18-10-7-11-20(3)4)15(22)19-13-9-6-5-8-12(13)17/h5-6,8-9H,7,10-11H2,1-4H3,(H,18,21)(H,19,22). The predicted octanol–water partition coefficient (Wildman–Crippen LogP) is 2.48. The third-order valence-corrected chi connectivity index (χ3v) is 4.02. The van der Waals surface area contributed by atoms with Crippen LogP contribution in [-0.4, -0.2) is 43.9 Å². The van der Waals surface area contributed by atoms with E-state index in [9.17, 15) is 9.59 Å². The predicted molar refractivity (Wildman–Crippen MR) is 92.7 cm³/mol. The average Bonchev–Trinajstić information content (AvgIpc) is 2.45. The van der Waals surface area contributed by atoms with Crippen LogP contribution in [-0.2, 0) is 9.59 Å². The van der Waals surface area contributed by atoms with Gasteiger partial charge in [-0.25, -0.2) is 0 Å². The normalized spacial score (nSPS) is 11.4. The Hall–Kier alpha value is -1.40. The maximum Gasteiger partial charge on any atom is 0.239 e. The molecule has 0 heterocycles. The molecule has 0 fully saturated rings. The van der Waals surface area contributed by atoms with Gasteiger partial charge in [-0.2, -0.15) is 0 Å².